The van der Waals surface area contributed by atoms with E-state index in [1.807, 2.05) is 0 Å². The average molecular weight is 398 g/mol. The molecule has 12 heteroatoms. The van der Waals surface area contributed by atoms with Crippen LogP contribution in [0, 0.1) is 23.0 Å². The van der Waals surface area contributed by atoms with E-state index in [-0.39, 0.29) is 22.4 Å². The minimum Gasteiger partial charge on any atom is -0.450 e. The van der Waals surface area contributed by atoms with Crippen molar-refractivity contribution in [3.05, 3.63) is 47.8 Å². The van der Waals surface area contributed by atoms with E-state index in [2.05, 4.69) is 9.82 Å². The first-order valence-corrected chi connectivity index (χ1v) is 7.24. The van der Waals surface area contributed by atoms with Crippen LogP contribution in [-0.2, 0) is 4.79 Å². The summed E-state index contributed by atoms with van der Waals surface area (Å²) < 4.78 is 70.7. The highest BCUT2D eigenvalue weighted by molar-refractivity contribution is 5.90. The van der Waals surface area contributed by atoms with Gasteiger partial charge in [0, 0.05) is 24.0 Å². The number of ether oxygens (including phenoxy) is 1. The number of nitrogens with two attached hydrogens (primary N) is 1. The minimum absolute atomic E-state index is 0.204. The molecule has 0 saturated carbocycles. The van der Waals surface area contributed by atoms with Crippen LogP contribution in [0.5, 0.6) is 11.5 Å². The van der Waals surface area contributed by atoms with Gasteiger partial charge >= 0.3 is 12.1 Å². The highest BCUT2D eigenvalue weighted by Crippen LogP contribution is 2.35. The molecule has 0 bridgehead atoms. The Hall–Kier alpha value is -3.88. The van der Waals surface area contributed by atoms with Crippen LogP contribution in [-0.4, -0.2) is 21.9 Å². The molecule has 0 saturated heterocycles. The van der Waals surface area contributed by atoms with Gasteiger partial charge in [-0.2, -0.15) is 23.2 Å². The van der Waals surface area contributed by atoms with Crippen molar-refractivity contribution in [2.24, 2.45) is 0 Å². The van der Waals surface area contributed by atoms with Crippen LogP contribution < -0.4 is 15.3 Å². The summed E-state index contributed by atoms with van der Waals surface area (Å²) in [4.78, 5) is 18.9. The maximum atomic E-state index is 14.0. The number of nitrogens with zero attached hydrogens (tertiary/aromatic N) is 3. The minimum atomic E-state index is -5.30. The Kier molecular flexibility index (Phi) is 4.52. The van der Waals surface area contributed by atoms with Gasteiger partial charge in [0.15, 0.2) is 23.0 Å². The summed E-state index contributed by atoms with van der Waals surface area (Å²) in [5.41, 5.74) is 4.38. The van der Waals surface area contributed by atoms with E-state index >= 15 is 0 Å². The fraction of sp³-hybridized carbons (Fsp3) is 0.0625. The lowest BCUT2D eigenvalue weighted by atomic mass is 10.2. The number of carbonyl (C=O) groups excluding carboxylic acids is 1. The van der Waals surface area contributed by atoms with Crippen molar-refractivity contribution < 1.29 is 36.3 Å². The van der Waals surface area contributed by atoms with Crippen LogP contribution in [0.25, 0.3) is 11.0 Å². The van der Waals surface area contributed by atoms with Crippen LogP contribution in [0.3, 0.4) is 0 Å². The van der Waals surface area contributed by atoms with Crippen molar-refractivity contribution in [3.8, 4) is 17.6 Å². The second-order valence-corrected chi connectivity index (χ2v) is 5.28. The first-order valence-electron chi connectivity index (χ1n) is 7.24. The number of fused-ring (bicyclic) bond motifs is 1. The van der Waals surface area contributed by atoms with Gasteiger partial charge in [0.25, 0.3) is 0 Å². The summed E-state index contributed by atoms with van der Waals surface area (Å²) in [6.45, 7) is 0. The van der Waals surface area contributed by atoms with Gasteiger partial charge < -0.3 is 15.3 Å². The van der Waals surface area contributed by atoms with E-state index in [0.29, 0.717) is 4.73 Å². The Balaban J connectivity index is 2.11. The molecule has 3 aromatic rings. The number of alkyl halides is 3. The Morgan fingerprint density at radius 3 is 2.46 bits per heavy atom. The standard InChI is InChI=1S/C16H7F5N4O3/c17-9-3-8(23)4-10(18)13(9)27-11-1-2-24-14-12(11)7(5-22)6-25(14)28-15(26)16(19,20)21/h1-4,6H,23H2. The van der Waals surface area contributed by atoms with Gasteiger partial charge in [-0.3, -0.25) is 0 Å². The Morgan fingerprint density at radius 1 is 1.25 bits per heavy atom. The number of rotatable bonds is 3. The molecule has 2 heterocycles. The lowest BCUT2D eigenvalue weighted by molar-refractivity contribution is -0.199. The molecule has 3 rings (SSSR count). The van der Waals surface area contributed by atoms with Crippen molar-refractivity contribution >= 4 is 22.7 Å². The topological polar surface area (TPSA) is 103 Å². The third kappa shape index (κ3) is 3.37. The zero-order chi connectivity index (χ0) is 20.6. The molecule has 0 atom stereocenters. The molecule has 7 nitrogen and oxygen atoms in total. The molecular weight excluding hydrogens is 391 g/mol. The molecule has 0 fully saturated rings. The fourth-order valence-electron chi connectivity index (χ4n) is 2.26. The quantitative estimate of drug-likeness (QED) is 0.537. The van der Waals surface area contributed by atoms with Crippen molar-refractivity contribution in [2.75, 3.05) is 5.73 Å². The molecule has 0 aliphatic heterocycles. The van der Waals surface area contributed by atoms with Gasteiger partial charge in [0.05, 0.1) is 17.1 Å². The number of hydrogen-bond acceptors (Lipinski definition) is 6. The smallest absolute Gasteiger partial charge is 0.450 e. The Bertz CT molecular complexity index is 1110. The molecule has 0 unspecified atom stereocenters. The summed E-state index contributed by atoms with van der Waals surface area (Å²) in [5, 5.41) is 8.98. The predicted molar refractivity (Wildman–Crippen MR) is 82.9 cm³/mol. The number of halogens is 5. The molecule has 2 N–H and O–H groups in total. The SMILES string of the molecule is N#Cc1cn(OC(=O)C(F)(F)F)c2nccc(Oc3c(F)cc(N)cc3F)c12. The molecule has 0 amide bonds. The highest BCUT2D eigenvalue weighted by atomic mass is 19.4. The van der Waals surface area contributed by atoms with E-state index in [4.69, 9.17) is 10.5 Å². The monoisotopic (exact) mass is 398 g/mol. The number of nitriles is 1. The summed E-state index contributed by atoms with van der Waals surface area (Å²) in [6, 6.07) is 4.35. The first-order chi connectivity index (χ1) is 13.1. The molecule has 0 aliphatic rings. The Morgan fingerprint density at radius 2 is 1.89 bits per heavy atom. The van der Waals surface area contributed by atoms with Crippen LogP contribution >= 0.6 is 0 Å². The molecule has 0 spiro atoms. The second-order valence-electron chi connectivity index (χ2n) is 5.28. The zero-order valence-corrected chi connectivity index (χ0v) is 13.4. The largest absolute Gasteiger partial charge is 0.493 e. The van der Waals surface area contributed by atoms with E-state index < -0.39 is 35.2 Å². The van der Waals surface area contributed by atoms with E-state index in [1.165, 1.54) is 0 Å². The number of nitrogen functional groups attached to an aromatic ring is 1. The summed E-state index contributed by atoms with van der Waals surface area (Å²) in [7, 11) is 0. The third-order valence-electron chi connectivity index (χ3n) is 3.38. The van der Waals surface area contributed by atoms with E-state index in [0.717, 1.165) is 30.6 Å². The van der Waals surface area contributed by atoms with Crippen molar-refractivity contribution in [2.45, 2.75) is 6.18 Å². The maximum absolute atomic E-state index is 14.0. The maximum Gasteiger partial charge on any atom is 0.493 e. The van der Waals surface area contributed by atoms with Crippen LogP contribution in [0.15, 0.2) is 30.6 Å². The van der Waals surface area contributed by atoms with E-state index in [9.17, 15) is 32.0 Å². The predicted octanol–water partition coefficient (Wildman–Crippen LogP) is 3.08. The lowest BCUT2D eigenvalue weighted by Gasteiger charge is -2.10. The van der Waals surface area contributed by atoms with Gasteiger partial charge in [-0.15, -0.1) is 0 Å². The fourth-order valence-corrected chi connectivity index (χ4v) is 2.26. The zero-order valence-electron chi connectivity index (χ0n) is 13.4. The van der Waals surface area contributed by atoms with Gasteiger partial charge in [-0.05, 0) is 6.07 Å². The van der Waals surface area contributed by atoms with Crippen molar-refractivity contribution in [1.29, 1.82) is 5.26 Å². The molecule has 0 aliphatic carbocycles. The lowest BCUT2D eigenvalue weighted by Crippen LogP contribution is -2.33. The van der Waals surface area contributed by atoms with Crippen LogP contribution in [0.2, 0.25) is 0 Å². The number of carbonyl (C=O) groups is 1. The average Bonchev–Trinajstić information content (AvgIpc) is 2.96. The first kappa shape index (κ1) is 18.9. The number of hydrogen-bond donors (Lipinski definition) is 1. The molecule has 28 heavy (non-hydrogen) atoms. The number of benzene rings is 1. The molecule has 2 aromatic heterocycles. The van der Waals surface area contributed by atoms with Crippen molar-refractivity contribution in [1.82, 2.24) is 9.71 Å². The Labute approximate surface area is 152 Å². The third-order valence-corrected chi connectivity index (χ3v) is 3.38. The van der Waals surface area contributed by atoms with E-state index in [1.54, 1.807) is 6.07 Å². The van der Waals surface area contributed by atoms with Gasteiger partial charge in [-0.1, -0.05) is 0 Å². The second kappa shape index (κ2) is 6.69. The molecule has 144 valence electrons. The highest BCUT2D eigenvalue weighted by Gasteiger charge is 2.42. The van der Waals surface area contributed by atoms with Crippen LogP contribution in [0.4, 0.5) is 27.6 Å². The molecule has 1 aromatic carbocycles. The normalized spacial score (nSPS) is 11.3. The van der Waals surface area contributed by atoms with Gasteiger partial charge in [0.1, 0.15) is 11.8 Å². The summed E-state index contributed by atoms with van der Waals surface area (Å²) >= 11 is 0. The summed E-state index contributed by atoms with van der Waals surface area (Å²) in [6.07, 6.45) is -3.53. The van der Waals surface area contributed by atoms with Crippen LogP contribution in [0.1, 0.15) is 5.56 Å². The van der Waals surface area contributed by atoms with Crippen molar-refractivity contribution in [3.63, 3.8) is 0 Å². The molecule has 0 radical (unpaired) electrons. The van der Waals surface area contributed by atoms with Gasteiger partial charge in [-0.25, -0.2) is 18.6 Å². The number of pyridine rings is 1. The number of aromatic nitrogens is 2. The molecular formula is C16H7F5N4O3. The van der Waals surface area contributed by atoms with Gasteiger partial charge in [0.2, 0.25) is 0 Å². The number of anilines is 1. The summed E-state index contributed by atoms with van der Waals surface area (Å²) in [5.74, 6) is -6.03.